The lowest BCUT2D eigenvalue weighted by molar-refractivity contribution is -0.384. The number of rotatable bonds is 4. The normalized spacial score (nSPS) is 11.0. The number of hydrogen-bond acceptors (Lipinski definition) is 6. The molecule has 4 aromatic rings. The summed E-state index contributed by atoms with van der Waals surface area (Å²) in [6, 6.07) is 8.85. The fourth-order valence-electron chi connectivity index (χ4n) is 2.58. The second-order valence-electron chi connectivity index (χ2n) is 5.75. The van der Waals surface area contributed by atoms with Gasteiger partial charge < -0.3 is 0 Å². The van der Waals surface area contributed by atoms with E-state index in [4.69, 9.17) is 34.8 Å². The summed E-state index contributed by atoms with van der Waals surface area (Å²) in [5, 5.41) is 20.5. The summed E-state index contributed by atoms with van der Waals surface area (Å²) in [5.41, 5.74) is 1.08. The predicted octanol–water partition coefficient (Wildman–Crippen LogP) is 5.58. The Hall–Kier alpha value is -2.72. The van der Waals surface area contributed by atoms with Gasteiger partial charge in [-0.15, -0.1) is 16.4 Å². The molecule has 0 aliphatic heterocycles. The van der Waals surface area contributed by atoms with Gasteiger partial charge in [0.15, 0.2) is 0 Å². The van der Waals surface area contributed by atoms with E-state index in [9.17, 15) is 14.9 Å². The maximum Gasteiger partial charge on any atom is 0.288 e. The number of nitrogens with zero attached hydrogens (tertiary/aromatic N) is 4. The van der Waals surface area contributed by atoms with E-state index in [0.29, 0.717) is 26.3 Å². The first kappa shape index (κ1) is 19.6. The Balaban J connectivity index is 1.64. The second-order valence-corrected chi connectivity index (χ2v) is 7.84. The topological polar surface area (TPSA) is 102 Å². The third-order valence-electron chi connectivity index (χ3n) is 3.92. The van der Waals surface area contributed by atoms with Gasteiger partial charge in [-0.1, -0.05) is 34.8 Å². The van der Waals surface area contributed by atoms with Crippen LogP contribution in [0.3, 0.4) is 0 Å². The van der Waals surface area contributed by atoms with Gasteiger partial charge in [0.2, 0.25) is 4.96 Å². The van der Waals surface area contributed by atoms with E-state index in [2.05, 4.69) is 15.4 Å². The van der Waals surface area contributed by atoms with Gasteiger partial charge in [-0.05, 0) is 30.3 Å². The van der Waals surface area contributed by atoms with Crippen LogP contribution in [0.5, 0.6) is 0 Å². The lowest BCUT2D eigenvalue weighted by Crippen LogP contribution is -2.13. The molecule has 2 aromatic heterocycles. The van der Waals surface area contributed by atoms with Crippen LogP contribution in [0.1, 0.15) is 10.4 Å². The van der Waals surface area contributed by atoms with Crippen LogP contribution in [-0.4, -0.2) is 25.4 Å². The Morgan fingerprint density at radius 2 is 1.93 bits per heavy atom. The molecule has 0 saturated heterocycles. The minimum atomic E-state index is -0.661. The van der Waals surface area contributed by atoms with E-state index >= 15 is 0 Å². The number of carbonyl (C=O) groups is 1. The number of amides is 1. The van der Waals surface area contributed by atoms with Gasteiger partial charge in [-0.2, -0.15) is 4.98 Å². The molecule has 29 heavy (non-hydrogen) atoms. The van der Waals surface area contributed by atoms with Crippen LogP contribution in [0.4, 0.5) is 11.6 Å². The number of hydrogen-bond donors (Lipinski definition) is 1. The highest BCUT2D eigenvalue weighted by molar-refractivity contribution is 7.15. The average molecular weight is 469 g/mol. The zero-order chi connectivity index (χ0) is 20.7. The van der Waals surface area contributed by atoms with Crippen LogP contribution < -0.4 is 5.32 Å². The molecular weight excluding hydrogens is 461 g/mol. The summed E-state index contributed by atoms with van der Waals surface area (Å²) in [6.07, 6.45) is 0. The summed E-state index contributed by atoms with van der Waals surface area (Å²) in [4.78, 5) is 27.6. The lowest BCUT2D eigenvalue weighted by atomic mass is 10.2. The van der Waals surface area contributed by atoms with Crippen LogP contribution in [0, 0.1) is 10.1 Å². The molecule has 0 bridgehead atoms. The summed E-state index contributed by atoms with van der Waals surface area (Å²) >= 11 is 19.3. The highest BCUT2D eigenvalue weighted by atomic mass is 35.5. The third kappa shape index (κ3) is 3.77. The lowest BCUT2D eigenvalue weighted by Gasteiger charge is -2.03. The fourth-order valence-corrected chi connectivity index (χ4v) is 4.10. The molecule has 8 nitrogen and oxygen atoms in total. The summed E-state index contributed by atoms with van der Waals surface area (Å²) in [5.74, 6) is -0.556. The number of nitro groups is 1. The SMILES string of the molecule is O=C(Nc1nc2scc(-c3ccc(Cl)cc3Cl)n2n1)c1ccc(Cl)c([N+](=O)[O-])c1. The molecular formula is C17H8Cl3N5O3S. The molecule has 0 radical (unpaired) electrons. The molecule has 4 rings (SSSR count). The van der Waals surface area contributed by atoms with Crippen LogP contribution in [0.25, 0.3) is 16.2 Å². The first-order valence-corrected chi connectivity index (χ1v) is 9.90. The number of benzene rings is 2. The first-order valence-electron chi connectivity index (χ1n) is 7.88. The van der Waals surface area contributed by atoms with Crippen molar-refractivity contribution in [2.24, 2.45) is 0 Å². The molecule has 0 unspecified atom stereocenters. The molecule has 1 N–H and O–H groups in total. The van der Waals surface area contributed by atoms with Crippen molar-refractivity contribution in [1.29, 1.82) is 0 Å². The molecule has 2 heterocycles. The van der Waals surface area contributed by atoms with Crippen molar-refractivity contribution in [3.8, 4) is 11.3 Å². The number of nitrogens with one attached hydrogen (secondary N) is 1. The molecule has 0 atom stereocenters. The highest BCUT2D eigenvalue weighted by Crippen LogP contribution is 2.33. The van der Waals surface area contributed by atoms with Gasteiger partial charge >= 0.3 is 0 Å². The number of thiazole rings is 1. The number of halogens is 3. The molecule has 12 heteroatoms. The largest absolute Gasteiger partial charge is 0.289 e. The molecule has 146 valence electrons. The Labute approximate surface area is 181 Å². The monoisotopic (exact) mass is 467 g/mol. The quantitative estimate of drug-likeness (QED) is 0.311. The van der Waals surface area contributed by atoms with Crippen molar-refractivity contribution in [2.75, 3.05) is 5.32 Å². The van der Waals surface area contributed by atoms with Crippen molar-refractivity contribution in [2.45, 2.75) is 0 Å². The van der Waals surface area contributed by atoms with E-state index in [1.165, 1.54) is 23.5 Å². The molecule has 2 aromatic carbocycles. The van der Waals surface area contributed by atoms with Gasteiger partial charge in [0.25, 0.3) is 17.5 Å². The molecule has 1 amide bonds. The van der Waals surface area contributed by atoms with E-state index in [0.717, 1.165) is 6.07 Å². The number of aromatic nitrogens is 3. The zero-order valence-electron chi connectivity index (χ0n) is 14.1. The van der Waals surface area contributed by atoms with E-state index < -0.39 is 10.8 Å². The summed E-state index contributed by atoms with van der Waals surface area (Å²) in [6.45, 7) is 0. The standard InChI is InChI=1S/C17H8Cl3N5O3S/c18-9-2-3-10(12(20)6-9)14-7-29-17-22-16(23-24(14)17)21-15(26)8-1-4-11(19)13(5-8)25(27)28/h1-7H,(H,21,23,26). The molecule has 0 spiro atoms. The van der Waals surface area contributed by atoms with Crippen molar-refractivity contribution in [1.82, 2.24) is 14.6 Å². The van der Waals surface area contributed by atoms with E-state index in [1.54, 1.807) is 22.7 Å². The third-order valence-corrected chi connectivity index (χ3v) is 5.60. The van der Waals surface area contributed by atoms with Crippen LogP contribution in [-0.2, 0) is 0 Å². The second kappa shape index (κ2) is 7.60. The molecule has 0 aliphatic carbocycles. The first-order chi connectivity index (χ1) is 13.8. The summed E-state index contributed by atoms with van der Waals surface area (Å²) < 4.78 is 1.54. The Morgan fingerprint density at radius 3 is 2.66 bits per heavy atom. The summed E-state index contributed by atoms with van der Waals surface area (Å²) in [7, 11) is 0. The van der Waals surface area contributed by atoms with Crippen molar-refractivity contribution in [3.05, 3.63) is 72.5 Å². The zero-order valence-corrected chi connectivity index (χ0v) is 17.2. The molecule has 0 saturated carbocycles. The minimum absolute atomic E-state index is 0.0470. The van der Waals surface area contributed by atoms with Crippen LogP contribution in [0.15, 0.2) is 41.8 Å². The van der Waals surface area contributed by atoms with Gasteiger partial charge in [-0.3, -0.25) is 20.2 Å². The highest BCUT2D eigenvalue weighted by Gasteiger charge is 2.19. The molecule has 0 aliphatic rings. The van der Waals surface area contributed by atoms with Gasteiger partial charge in [-0.25, -0.2) is 4.52 Å². The number of carbonyl (C=O) groups excluding carboxylic acids is 1. The number of nitro benzene ring substituents is 1. The van der Waals surface area contributed by atoms with E-state index in [1.807, 2.05) is 5.38 Å². The number of fused-ring (bicyclic) bond motifs is 1. The van der Waals surface area contributed by atoms with E-state index in [-0.39, 0.29) is 22.2 Å². The van der Waals surface area contributed by atoms with Crippen LogP contribution >= 0.6 is 46.1 Å². The van der Waals surface area contributed by atoms with Crippen molar-refractivity contribution >= 4 is 68.6 Å². The maximum atomic E-state index is 12.4. The smallest absolute Gasteiger partial charge is 0.288 e. The van der Waals surface area contributed by atoms with Gasteiger partial charge in [0, 0.05) is 27.6 Å². The van der Waals surface area contributed by atoms with Crippen molar-refractivity contribution in [3.63, 3.8) is 0 Å². The maximum absolute atomic E-state index is 12.4. The predicted molar refractivity (Wildman–Crippen MR) is 112 cm³/mol. The average Bonchev–Trinajstić information content (AvgIpc) is 3.22. The Kier molecular flexibility index (Phi) is 5.13. The fraction of sp³-hybridized carbons (Fsp3) is 0. The van der Waals surface area contributed by atoms with Gasteiger partial charge in [0.1, 0.15) is 5.02 Å². The number of anilines is 1. The van der Waals surface area contributed by atoms with Gasteiger partial charge in [0.05, 0.1) is 15.6 Å². The van der Waals surface area contributed by atoms with Crippen molar-refractivity contribution < 1.29 is 9.72 Å². The Morgan fingerprint density at radius 1 is 1.14 bits per heavy atom. The molecule has 0 fully saturated rings. The van der Waals surface area contributed by atoms with Crippen LogP contribution in [0.2, 0.25) is 15.1 Å². The Bertz CT molecular complexity index is 1290. The minimum Gasteiger partial charge on any atom is -0.289 e.